The van der Waals surface area contributed by atoms with E-state index < -0.39 is 30.4 Å². The Balaban J connectivity index is 4.77. The van der Waals surface area contributed by atoms with Gasteiger partial charge < -0.3 is 28.6 Å². The maximum atomic E-state index is 13.1. The van der Waals surface area contributed by atoms with Crippen LogP contribution in [-0.2, 0) is 47.7 Å². The van der Waals surface area contributed by atoms with Gasteiger partial charge in [-0.3, -0.25) is 19.2 Å². The van der Waals surface area contributed by atoms with Crippen molar-refractivity contribution in [2.24, 2.45) is 11.8 Å². The highest BCUT2D eigenvalue weighted by atomic mass is 16.6. The van der Waals surface area contributed by atoms with E-state index in [-0.39, 0.29) is 43.4 Å². The van der Waals surface area contributed by atoms with Gasteiger partial charge in [0.05, 0.1) is 44.7 Å². The summed E-state index contributed by atoms with van der Waals surface area (Å²) in [6.45, 7) is 10.4. The summed E-state index contributed by atoms with van der Waals surface area (Å²) in [6, 6.07) is 0. The number of rotatable bonds is 46. The molecular weight excluding hydrogens is 799 g/mol. The molecule has 0 aliphatic heterocycles. The third-order valence-electron chi connectivity index (χ3n) is 11.7. The predicted molar refractivity (Wildman–Crippen MR) is 254 cm³/mol. The number of esters is 5. The van der Waals surface area contributed by atoms with Crippen LogP contribution in [0.5, 0.6) is 0 Å². The fourth-order valence-corrected chi connectivity index (χ4v) is 7.67. The van der Waals surface area contributed by atoms with Gasteiger partial charge in [-0.15, -0.1) is 0 Å². The molecule has 0 radical (unpaired) electrons. The van der Waals surface area contributed by atoms with Crippen LogP contribution >= 0.6 is 0 Å². The normalized spacial score (nSPS) is 12.7. The molecule has 0 amide bonds. The molecule has 0 N–H and O–H groups in total. The third kappa shape index (κ3) is 38.3. The lowest BCUT2D eigenvalue weighted by molar-refractivity contribution is -0.172. The second-order valence-corrected chi connectivity index (χ2v) is 18.1. The highest BCUT2D eigenvalue weighted by Gasteiger charge is 2.28. The minimum absolute atomic E-state index is 0.0329. The van der Waals surface area contributed by atoms with Gasteiger partial charge >= 0.3 is 29.8 Å². The Labute approximate surface area is 385 Å². The molecule has 0 aromatic carbocycles. The Kier molecular flexibility index (Phi) is 42.6. The Morgan fingerprint density at radius 1 is 0.381 bits per heavy atom. The average Bonchev–Trinajstić information content (AvgIpc) is 3.26. The molecule has 0 aromatic heterocycles. The van der Waals surface area contributed by atoms with Crippen LogP contribution in [-0.4, -0.2) is 87.9 Å². The van der Waals surface area contributed by atoms with Gasteiger partial charge in [-0.2, -0.15) is 0 Å². The Bertz CT molecular complexity index is 1110. The van der Waals surface area contributed by atoms with Crippen LogP contribution in [0.4, 0.5) is 0 Å². The van der Waals surface area contributed by atoms with E-state index in [2.05, 4.69) is 27.7 Å². The molecular formula is C52H97NO10. The zero-order valence-electron chi connectivity index (χ0n) is 41.6. The molecule has 0 rings (SSSR count). The smallest absolute Gasteiger partial charge is 0.348 e. The summed E-state index contributed by atoms with van der Waals surface area (Å²) in [6.07, 6.45) is 29.8. The van der Waals surface area contributed by atoms with Crippen molar-refractivity contribution in [2.45, 2.75) is 246 Å². The van der Waals surface area contributed by atoms with Crippen LogP contribution < -0.4 is 0 Å². The van der Waals surface area contributed by atoms with Gasteiger partial charge in [0.25, 0.3) is 0 Å². The van der Waals surface area contributed by atoms with Crippen LogP contribution in [0.1, 0.15) is 240 Å². The molecule has 0 heterocycles. The first-order chi connectivity index (χ1) is 30.6. The average molecular weight is 896 g/mol. The molecule has 0 aromatic rings. The summed E-state index contributed by atoms with van der Waals surface area (Å²) in [4.78, 5) is 66.4. The third-order valence-corrected chi connectivity index (χ3v) is 11.7. The number of ether oxygens (including phenoxy) is 5. The lowest BCUT2D eigenvalue weighted by atomic mass is 9.94. The molecule has 63 heavy (non-hydrogen) atoms. The summed E-state index contributed by atoms with van der Waals surface area (Å²) >= 11 is 0. The van der Waals surface area contributed by atoms with Gasteiger partial charge in [-0.1, -0.05) is 156 Å². The highest BCUT2D eigenvalue weighted by Crippen LogP contribution is 2.22. The van der Waals surface area contributed by atoms with Gasteiger partial charge in [0.2, 0.25) is 6.10 Å². The van der Waals surface area contributed by atoms with Crippen molar-refractivity contribution in [2.75, 3.05) is 47.1 Å². The fraction of sp³-hybridized carbons (Fsp3) is 0.904. The van der Waals surface area contributed by atoms with Crippen LogP contribution in [0, 0.1) is 11.8 Å². The number of unbranched alkanes of at least 4 members (excludes halogenated alkanes) is 20. The minimum Gasteiger partial charge on any atom is -0.466 e. The van der Waals surface area contributed by atoms with E-state index in [1.807, 2.05) is 19.0 Å². The molecule has 0 fully saturated rings. The summed E-state index contributed by atoms with van der Waals surface area (Å²) in [5, 5.41) is 0. The van der Waals surface area contributed by atoms with E-state index in [0.717, 1.165) is 70.6 Å². The number of carbonyl (C=O) groups excluding carboxylic acids is 5. The molecule has 11 nitrogen and oxygen atoms in total. The molecule has 370 valence electrons. The summed E-state index contributed by atoms with van der Waals surface area (Å²) < 4.78 is 27.7. The van der Waals surface area contributed by atoms with Crippen LogP contribution in [0.15, 0.2) is 0 Å². The van der Waals surface area contributed by atoms with E-state index in [0.29, 0.717) is 64.7 Å². The molecule has 0 bridgehead atoms. The van der Waals surface area contributed by atoms with E-state index in [9.17, 15) is 24.0 Å². The first kappa shape index (κ1) is 60.3. The molecule has 0 spiro atoms. The lowest BCUT2D eigenvalue weighted by Gasteiger charge is -2.17. The largest absolute Gasteiger partial charge is 0.466 e. The van der Waals surface area contributed by atoms with E-state index in [4.69, 9.17) is 23.7 Å². The molecule has 0 saturated carbocycles. The molecule has 0 saturated heterocycles. The van der Waals surface area contributed by atoms with Gasteiger partial charge in [0, 0.05) is 6.42 Å². The monoisotopic (exact) mass is 896 g/mol. The zero-order chi connectivity index (χ0) is 46.6. The summed E-state index contributed by atoms with van der Waals surface area (Å²) in [7, 11) is 3.82. The number of nitrogens with zero attached hydrogens (tertiary/aromatic N) is 1. The summed E-state index contributed by atoms with van der Waals surface area (Å²) in [5.41, 5.74) is 0. The Hall–Kier alpha value is -2.69. The van der Waals surface area contributed by atoms with Crippen LogP contribution in [0.2, 0.25) is 0 Å². The van der Waals surface area contributed by atoms with Crippen molar-refractivity contribution >= 4 is 29.8 Å². The van der Waals surface area contributed by atoms with Crippen molar-refractivity contribution in [3.63, 3.8) is 0 Å². The fourth-order valence-electron chi connectivity index (χ4n) is 7.67. The van der Waals surface area contributed by atoms with E-state index in [1.165, 1.54) is 83.5 Å². The minimum atomic E-state index is -1.39. The SMILES string of the molecule is CCCCCCCCC(CCCCCC)C(=O)OCCCCCOC(=O)CC(OC(=O)CCCN(C)C)C(=O)OCCCCCOC(=O)C(CCCCCC)CCCCCCCC. The van der Waals surface area contributed by atoms with Crippen LogP contribution in [0.3, 0.4) is 0 Å². The van der Waals surface area contributed by atoms with Crippen molar-refractivity contribution in [3.8, 4) is 0 Å². The summed E-state index contributed by atoms with van der Waals surface area (Å²) in [5.74, 6) is -2.24. The standard InChI is InChI=1S/C52H97NO10/c1-7-11-15-19-21-27-36-45(34-25-17-13-9-3)50(56)60-41-30-23-29-40-59-49(55)44-47(63-48(54)38-33-39-53(5)6)52(58)62-43-32-24-31-42-61-51(57)46(35-26-18-14-10-4)37-28-22-20-16-12-8-2/h45-47H,7-44H2,1-6H3. The highest BCUT2D eigenvalue weighted by molar-refractivity contribution is 5.84. The number of carbonyl (C=O) groups is 5. The van der Waals surface area contributed by atoms with E-state index >= 15 is 0 Å². The Morgan fingerprint density at radius 3 is 1.11 bits per heavy atom. The zero-order valence-corrected chi connectivity index (χ0v) is 41.6. The van der Waals surface area contributed by atoms with E-state index in [1.54, 1.807) is 0 Å². The second-order valence-electron chi connectivity index (χ2n) is 18.1. The maximum absolute atomic E-state index is 13.1. The van der Waals surface area contributed by atoms with Crippen molar-refractivity contribution < 1.29 is 47.7 Å². The first-order valence-corrected chi connectivity index (χ1v) is 26.1. The molecule has 0 aliphatic carbocycles. The van der Waals surface area contributed by atoms with Gasteiger partial charge in [-0.05, 0) is 91.3 Å². The number of hydrogen-bond donors (Lipinski definition) is 0. The Morgan fingerprint density at radius 2 is 0.714 bits per heavy atom. The van der Waals surface area contributed by atoms with Gasteiger partial charge in [0.1, 0.15) is 0 Å². The van der Waals surface area contributed by atoms with Gasteiger partial charge in [0.15, 0.2) is 0 Å². The van der Waals surface area contributed by atoms with Crippen molar-refractivity contribution in [1.82, 2.24) is 4.90 Å². The molecule has 0 aliphatic rings. The molecule has 3 unspecified atom stereocenters. The first-order valence-electron chi connectivity index (χ1n) is 26.1. The maximum Gasteiger partial charge on any atom is 0.348 e. The van der Waals surface area contributed by atoms with Gasteiger partial charge in [-0.25, -0.2) is 4.79 Å². The molecule has 11 heteroatoms. The quantitative estimate of drug-likeness (QED) is 0.0328. The predicted octanol–water partition coefficient (Wildman–Crippen LogP) is 12.8. The topological polar surface area (TPSA) is 135 Å². The lowest BCUT2D eigenvalue weighted by Crippen LogP contribution is -2.32. The van der Waals surface area contributed by atoms with Crippen LogP contribution in [0.25, 0.3) is 0 Å². The van der Waals surface area contributed by atoms with Crippen molar-refractivity contribution in [1.29, 1.82) is 0 Å². The molecule has 3 atom stereocenters. The second kappa shape index (κ2) is 44.5. The van der Waals surface area contributed by atoms with Crippen molar-refractivity contribution in [3.05, 3.63) is 0 Å². The number of hydrogen-bond acceptors (Lipinski definition) is 11.